The van der Waals surface area contributed by atoms with Gasteiger partial charge in [-0.05, 0) is 50.1 Å². The van der Waals surface area contributed by atoms with Crippen LogP contribution in [0.15, 0.2) is 47.7 Å². The number of rotatable bonds is 4. The summed E-state index contributed by atoms with van der Waals surface area (Å²) in [5.74, 6) is 1.20. The Bertz CT molecular complexity index is 1040. The maximum Gasteiger partial charge on any atom is 0.197 e. The third-order valence-corrected chi connectivity index (χ3v) is 5.11. The topological polar surface area (TPSA) is 120 Å². The first kappa shape index (κ1) is 16.1. The minimum absolute atomic E-state index is 0.128. The summed E-state index contributed by atoms with van der Waals surface area (Å²) in [6.45, 7) is 2.01. The van der Waals surface area contributed by atoms with Gasteiger partial charge in [-0.25, -0.2) is 9.98 Å². The van der Waals surface area contributed by atoms with Gasteiger partial charge in [0.1, 0.15) is 5.69 Å². The lowest BCUT2D eigenvalue weighted by Crippen LogP contribution is -2.57. The number of nitrogens with one attached hydrogen (secondary N) is 4. The number of hydrogen-bond acceptors (Lipinski definition) is 4. The van der Waals surface area contributed by atoms with Crippen LogP contribution in [-0.2, 0) is 5.66 Å². The van der Waals surface area contributed by atoms with Crippen molar-refractivity contribution in [2.24, 2.45) is 10.7 Å². The van der Waals surface area contributed by atoms with Crippen molar-refractivity contribution < 1.29 is 0 Å². The molecular formula is C19H22N8. The number of aromatic amines is 2. The van der Waals surface area contributed by atoms with E-state index in [-0.39, 0.29) is 6.04 Å². The Kier molecular flexibility index (Phi) is 3.54. The number of hydrogen-bond donors (Lipinski definition) is 5. The molecular weight excluding hydrogens is 340 g/mol. The minimum Gasteiger partial charge on any atom is -0.360 e. The molecule has 1 aliphatic carbocycles. The molecule has 0 saturated heterocycles. The van der Waals surface area contributed by atoms with E-state index in [0.717, 1.165) is 28.1 Å². The van der Waals surface area contributed by atoms with E-state index in [2.05, 4.69) is 30.8 Å². The van der Waals surface area contributed by atoms with Gasteiger partial charge in [0.15, 0.2) is 11.6 Å². The van der Waals surface area contributed by atoms with Crippen LogP contribution in [0, 0.1) is 0 Å². The van der Waals surface area contributed by atoms with Gasteiger partial charge in [0, 0.05) is 24.0 Å². The number of fused-ring (bicyclic) bond motifs is 1. The van der Waals surface area contributed by atoms with E-state index in [9.17, 15) is 0 Å². The summed E-state index contributed by atoms with van der Waals surface area (Å²) >= 11 is 0. The van der Waals surface area contributed by atoms with E-state index < -0.39 is 5.66 Å². The quantitative estimate of drug-likeness (QED) is 0.487. The predicted octanol–water partition coefficient (Wildman–Crippen LogP) is 2.10. The van der Waals surface area contributed by atoms with Crippen molar-refractivity contribution in [3.05, 3.63) is 59.8 Å². The highest BCUT2D eigenvalue weighted by Crippen LogP contribution is 2.39. The molecule has 3 aromatic rings. The molecule has 2 aliphatic rings. The van der Waals surface area contributed by atoms with Gasteiger partial charge < -0.3 is 21.4 Å². The molecule has 6 N–H and O–H groups in total. The van der Waals surface area contributed by atoms with E-state index in [1.807, 2.05) is 43.5 Å². The molecule has 1 saturated carbocycles. The van der Waals surface area contributed by atoms with Gasteiger partial charge in [-0.2, -0.15) is 5.10 Å². The monoisotopic (exact) mass is 362 g/mol. The predicted molar refractivity (Wildman–Crippen MR) is 104 cm³/mol. The molecule has 138 valence electrons. The van der Waals surface area contributed by atoms with Gasteiger partial charge in [-0.3, -0.25) is 5.10 Å². The van der Waals surface area contributed by atoms with E-state index in [1.165, 1.54) is 12.8 Å². The van der Waals surface area contributed by atoms with Crippen LogP contribution < -0.4 is 16.4 Å². The summed E-state index contributed by atoms with van der Waals surface area (Å²) in [7, 11) is 0. The van der Waals surface area contributed by atoms with Gasteiger partial charge in [0.2, 0.25) is 0 Å². The first-order valence-corrected chi connectivity index (χ1v) is 9.20. The van der Waals surface area contributed by atoms with Crippen LogP contribution in [0.25, 0.3) is 11.0 Å². The van der Waals surface area contributed by atoms with Crippen LogP contribution in [0.2, 0.25) is 0 Å². The largest absolute Gasteiger partial charge is 0.360 e. The Morgan fingerprint density at radius 1 is 1.30 bits per heavy atom. The summed E-state index contributed by atoms with van der Waals surface area (Å²) in [6, 6.07) is 7.88. The molecule has 27 heavy (non-hydrogen) atoms. The second-order valence-corrected chi connectivity index (χ2v) is 7.25. The molecule has 8 heteroatoms. The third kappa shape index (κ3) is 2.97. The van der Waals surface area contributed by atoms with Crippen LogP contribution in [0.3, 0.4) is 0 Å². The van der Waals surface area contributed by atoms with E-state index >= 15 is 0 Å². The van der Waals surface area contributed by atoms with Crippen molar-refractivity contribution >= 4 is 17.0 Å². The molecule has 0 amide bonds. The zero-order chi connectivity index (χ0) is 18.4. The lowest BCUT2D eigenvalue weighted by atomic mass is 10.1. The molecule has 4 heterocycles. The Labute approximate surface area is 156 Å². The van der Waals surface area contributed by atoms with Gasteiger partial charge in [0.25, 0.3) is 0 Å². The SMILES string of the molecule is C[C@@H](N=C1NC=CC(N)(c2cc(C3CC3)[nH]n2)N1)c1ccc2[nH]ccc2n1. The van der Waals surface area contributed by atoms with Crippen LogP contribution in [0.1, 0.15) is 48.8 Å². The summed E-state index contributed by atoms with van der Waals surface area (Å²) in [4.78, 5) is 12.5. The molecule has 0 radical (unpaired) electrons. The number of aliphatic imine (C=N–C) groups is 1. The highest BCUT2D eigenvalue weighted by molar-refractivity contribution is 5.83. The third-order valence-electron chi connectivity index (χ3n) is 5.11. The first-order valence-electron chi connectivity index (χ1n) is 9.20. The zero-order valence-electron chi connectivity index (χ0n) is 15.0. The molecule has 3 aromatic heterocycles. The lowest BCUT2D eigenvalue weighted by molar-refractivity contribution is 0.482. The van der Waals surface area contributed by atoms with Gasteiger partial charge >= 0.3 is 0 Å². The van der Waals surface area contributed by atoms with Crippen LogP contribution >= 0.6 is 0 Å². The fourth-order valence-electron chi connectivity index (χ4n) is 3.34. The molecule has 1 unspecified atom stereocenters. The first-order chi connectivity index (χ1) is 13.1. The standard InChI is InChI=1S/C19H22N8/c1-11(13-4-5-14-15(24-13)6-8-21-14)23-18-22-9-7-19(20,25-18)17-10-16(26-27-17)12-2-3-12/h4-12,21H,2-3,20H2,1H3,(H,26,27)(H2,22,23,25)/t11-,19?/m1/s1. The average molecular weight is 362 g/mol. The number of H-pyrrole nitrogens is 2. The summed E-state index contributed by atoms with van der Waals surface area (Å²) in [5, 5.41) is 13.9. The second-order valence-electron chi connectivity index (χ2n) is 7.25. The van der Waals surface area contributed by atoms with Gasteiger partial charge in [0.05, 0.1) is 22.8 Å². The number of aromatic nitrogens is 4. The Morgan fingerprint density at radius 3 is 3.04 bits per heavy atom. The van der Waals surface area contributed by atoms with E-state index in [1.54, 1.807) is 6.20 Å². The highest BCUT2D eigenvalue weighted by Gasteiger charge is 2.33. The molecule has 0 aromatic carbocycles. The van der Waals surface area contributed by atoms with E-state index in [4.69, 9.17) is 10.7 Å². The molecule has 5 rings (SSSR count). The molecule has 2 atom stereocenters. The number of pyridine rings is 1. The lowest BCUT2D eigenvalue weighted by Gasteiger charge is -2.31. The van der Waals surface area contributed by atoms with Crippen molar-refractivity contribution in [1.29, 1.82) is 0 Å². The van der Waals surface area contributed by atoms with Crippen LogP contribution in [0.4, 0.5) is 0 Å². The molecule has 1 fully saturated rings. The van der Waals surface area contributed by atoms with E-state index in [0.29, 0.717) is 11.9 Å². The Balaban J connectivity index is 1.38. The van der Waals surface area contributed by atoms with Crippen molar-refractivity contribution in [1.82, 2.24) is 30.8 Å². The number of nitrogens with two attached hydrogens (primary N) is 1. The molecule has 0 spiro atoms. The summed E-state index contributed by atoms with van der Waals surface area (Å²) < 4.78 is 0. The highest BCUT2D eigenvalue weighted by atomic mass is 15.3. The normalized spacial score (nSPS) is 24.7. The number of nitrogens with zero attached hydrogens (tertiary/aromatic N) is 3. The minimum atomic E-state index is -0.897. The molecule has 1 aliphatic heterocycles. The summed E-state index contributed by atoms with van der Waals surface area (Å²) in [6.07, 6.45) is 7.97. The smallest absolute Gasteiger partial charge is 0.197 e. The molecule has 0 bridgehead atoms. The maximum absolute atomic E-state index is 6.56. The second kappa shape index (κ2) is 5.95. The Morgan fingerprint density at radius 2 is 2.19 bits per heavy atom. The van der Waals surface area contributed by atoms with Crippen molar-refractivity contribution in [3.63, 3.8) is 0 Å². The fourth-order valence-corrected chi connectivity index (χ4v) is 3.34. The van der Waals surface area contributed by atoms with Crippen molar-refractivity contribution in [2.45, 2.75) is 37.4 Å². The van der Waals surface area contributed by atoms with Crippen LogP contribution in [-0.4, -0.2) is 26.1 Å². The molecule has 8 nitrogen and oxygen atoms in total. The van der Waals surface area contributed by atoms with Gasteiger partial charge in [-0.15, -0.1) is 0 Å². The zero-order valence-corrected chi connectivity index (χ0v) is 15.0. The van der Waals surface area contributed by atoms with Crippen molar-refractivity contribution in [3.8, 4) is 0 Å². The van der Waals surface area contributed by atoms with Crippen LogP contribution in [0.5, 0.6) is 0 Å². The average Bonchev–Trinajstić information content (AvgIpc) is 3.19. The van der Waals surface area contributed by atoms with Crippen molar-refractivity contribution in [2.75, 3.05) is 0 Å². The fraction of sp³-hybridized carbons (Fsp3) is 0.316. The number of guanidine groups is 1. The maximum atomic E-state index is 6.56. The Hall–Kier alpha value is -3.13. The summed E-state index contributed by atoms with van der Waals surface area (Å²) in [5.41, 5.74) is 10.4. The van der Waals surface area contributed by atoms with Gasteiger partial charge in [-0.1, -0.05) is 0 Å².